The smallest absolute Gasteiger partial charge is 0.311 e. The van der Waals surface area contributed by atoms with Crippen LogP contribution in [0.3, 0.4) is 0 Å². The Kier molecular flexibility index (Phi) is 4.38. The fourth-order valence-corrected chi connectivity index (χ4v) is 1.37. The van der Waals surface area contributed by atoms with Gasteiger partial charge in [0.2, 0.25) is 0 Å². The van der Waals surface area contributed by atoms with E-state index in [0.29, 0.717) is 18.1 Å². The van der Waals surface area contributed by atoms with Crippen LogP contribution in [0.15, 0.2) is 24.3 Å². The van der Waals surface area contributed by atoms with Gasteiger partial charge in [0.05, 0.1) is 0 Å². The average Bonchev–Trinajstić information content (AvgIpc) is 2.07. The molecule has 3 heteroatoms. The number of carbonyl (C=O) groups is 1. The maximum atomic E-state index is 11.3. The second-order valence-electron chi connectivity index (χ2n) is 3.53. The molecular weight excluding hydrogens is 291 g/mol. The first-order chi connectivity index (χ1) is 6.58. The summed E-state index contributed by atoms with van der Waals surface area (Å²) >= 11 is 2.21. The van der Waals surface area contributed by atoms with E-state index in [1.165, 1.54) is 0 Å². The van der Waals surface area contributed by atoms with Crippen molar-refractivity contribution in [2.45, 2.75) is 20.3 Å². The van der Waals surface area contributed by atoms with Crippen LogP contribution in [-0.4, -0.2) is 5.97 Å². The van der Waals surface area contributed by atoms with Crippen molar-refractivity contribution in [2.75, 3.05) is 0 Å². The number of esters is 1. The third-order valence-corrected chi connectivity index (χ3v) is 2.34. The highest BCUT2D eigenvalue weighted by molar-refractivity contribution is 14.1. The highest BCUT2D eigenvalue weighted by Crippen LogP contribution is 2.14. The quantitative estimate of drug-likeness (QED) is 0.487. The summed E-state index contributed by atoms with van der Waals surface area (Å²) in [5.41, 5.74) is 0. The van der Waals surface area contributed by atoms with Crippen LogP contribution in [0.1, 0.15) is 20.3 Å². The van der Waals surface area contributed by atoms with Crippen molar-refractivity contribution in [2.24, 2.45) is 5.92 Å². The minimum absolute atomic E-state index is 0.166. The Bertz CT molecular complexity index is 304. The molecule has 0 amide bonds. The second kappa shape index (κ2) is 5.34. The summed E-state index contributed by atoms with van der Waals surface area (Å²) in [6.45, 7) is 3.99. The van der Waals surface area contributed by atoms with Gasteiger partial charge < -0.3 is 4.74 Å². The van der Waals surface area contributed by atoms with E-state index >= 15 is 0 Å². The summed E-state index contributed by atoms with van der Waals surface area (Å²) in [5.74, 6) is 0.795. The Morgan fingerprint density at radius 1 is 1.36 bits per heavy atom. The molecule has 76 valence electrons. The van der Waals surface area contributed by atoms with Gasteiger partial charge in [-0.3, -0.25) is 4.79 Å². The predicted molar refractivity (Wildman–Crippen MR) is 64.2 cm³/mol. The molecule has 0 radical (unpaired) electrons. The van der Waals surface area contributed by atoms with Crippen LogP contribution in [0.5, 0.6) is 5.75 Å². The minimum atomic E-state index is -0.166. The molecule has 1 aromatic rings. The van der Waals surface area contributed by atoms with E-state index in [1.807, 2.05) is 26.0 Å². The van der Waals surface area contributed by atoms with Crippen molar-refractivity contribution < 1.29 is 9.53 Å². The molecule has 1 rings (SSSR count). The topological polar surface area (TPSA) is 26.3 Å². The van der Waals surface area contributed by atoms with Gasteiger partial charge in [0.1, 0.15) is 5.75 Å². The lowest BCUT2D eigenvalue weighted by molar-refractivity contribution is -0.135. The molecule has 0 heterocycles. The molecule has 0 aliphatic rings. The summed E-state index contributed by atoms with van der Waals surface area (Å²) in [5, 5.41) is 0. The molecule has 0 aliphatic carbocycles. The Labute approximate surface area is 97.8 Å². The predicted octanol–water partition coefficient (Wildman–Crippen LogP) is 3.24. The molecule has 0 saturated carbocycles. The van der Waals surface area contributed by atoms with E-state index in [2.05, 4.69) is 22.6 Å². The molecule has 0 atom stereocenters. The van der Waals surface area contributed by atoms with Crippen LogP contribution < -0.4 is 4.74 Å². The number of ether oxygens (including phenoxy) is 1. The van der Waals surface area contributed by atoms with Gasteiger partial charge in [-0.05, 0) is 52.8 Å². The number of hydrogen-bond donors (Lipinski definition) is 0. The monoisotopic (exact) mass is 304 g/mol. The lowest BCUT2D eigenvalue weighted by Crippen LogP contribution is -2.10. The van der Waals surface area contributed by atoms with Crippen molar-refractivity contribution >= 4 is 28.6 Å². The van der Waals surface area contributed by atoms with Gasteiger partial charge in [-0.15, -0.1) is 0 Å². The summed E-state index contributed by atoms with van der Waals surface area (Å²) < 4.78 is 6.27. The zero-order chi connectivity index (χ0) is 10.6. The molecule has 1 aromatic carbocycles. The molecule has 0 aromatic heterocycles. The van der Waals surface area contributed by atoms with Gasteiger partial charge >= 0.3 is 5.97 Å². The van der Waals surface area contributed by atoms with E-state index in [4.69, 9.17) is 4.74 Å². The fraction of sp³-hybridized carbons (Fsp3) is 0.364. The van der Waals surface area contributed by atoms with Crippen LogP contribution in [0.25, 0.3) is 0 Å². The third kappa shape index (κ3) is 4.09. The van der Waals surface area contributed by atoms with E-state index < -0.39 is 0 Å². The summed E-state index contributed by atoms with van der Waals surface area (Å²) in [4.78, 5) is 11.3. The van der Waals surface area contributed by atoms with Gasteiger partial charge in [-0.2, -0.15) is 0 Å². The molecule has 0 bridgehead atoms. The van der Waals surface area contributed by atoms with Gasteiger partial charge in [-0.1, -0.05) is 13.8 Å². The summed E-state index contributed by atoms with van der Waals surface area (Å²) in [6.07, 6.45) is 0.464. The van der Waals surface area contributed by atoms with Crippen LogP contribution in [-0.2, 0) is 4.79 Å². The summed E-state index contributed by atoms with van der Waals surface area (Å²) in [7, 11) is 0. The number of carbonyl (C=O) groups excluding carboxylic acids is 1. The lowest BCUT2D eigenvalue weighted by Gasteiger charge is -2.05. The fourth-order valence-electron chi connectivity index (χ4n) is 1.01. The zero-order valence-electron chi connectivity index (χ0n) is 8.29. The van der Waals surface area contributed by atoms with Crippen LogP contribution in [0.4, 0.5) is 0 Å². The third-order valence-electron chi connectivity index (χ3n) is 1.62. The SMILES string of the molecule is CC(C)CC(=O)Oc1ccc(I)cc1. The largest absolute Gasteiger partial charge is 0.427 e. The van der Waals surface area contributed by atoms with Crippen molar-refractivity contribution in [3.63, 3.8) is 0 Å². The van der Waals surface area contributed by atoms with Crippen LogP contribution in [0, 0.1) is 9.49 Å². The minimum Gasteiger partial charge on any atom is -0.427 e. The van der Waals surface area contributed by atoms with Gasteiger partial charge in [0, 0.05) is 9.99 Å². The molecule has 14 heavy (non-hydrogen) atoms. The maximum Gasteiger partial charge on any atom is 0.311 e. The van der Waals surface area contributed by atoms with Crippen molar-refractivity contribution in [1.29, 1.82) is 0 Å². The highest BCUT2D eigenvalue weighted by atomic mass is 127. The molecule has 0 saturated heterocycles. The molecule has 2 nitrogen and oxygen atoms in total. The highest BCUT2D eigenvalue weighted by Gasteiger charge is 2.06. The number of hydrogen-bond acceptors (Lipinski definition) is 2. The van der Waals surface area contributed by atoms with Crippen molar-refractivity contribution in [1.82, 2.24) is 0 Å². The molecule has 0 aliphatic heterocycles. The molecule has 0 unspecified atom stereocenters. The normalized spacial score (nSPS) is 10.3. The molecule has 0 fully saturated rings. The number of benzene rings is 1. The molecule has 0 N–H and O–H groups in total. The maximum absolute atomic E-state index is 11.3. The van der Waals surface area contributed by atoms with Gasteiger partial charge in [0.15, 0.2) is 0 Å². The zero-order valence-corrected chi connectivity index (χ0v) is 10.4. The average molecular weight is 304 g/mol. The lowest BCUT2D eigenvalue weighted by atomic mass is 10.1. The van der Waals surface area contributed by atoms with Crippen LogP contribution >= 0.6 is 22.6 Å². The Balaban J connectivity index is 2.52. The van der Waals surface area contributed by atoms with Crippen LogP contribution in [0.2, 0.25) is 0 Å². The van der Waals surface area contributed by atoms with Crippen molar-refractivity contribution in [3.8, 4) is 5.75 Å². The summed E-state index contributed by atoms with van der Waals surface area (Å²) in [6, 6.07) is 7.44. The second-order valence-corrected chi connectivity index (χ2v) is 4.77. The standard InChI is InChI=1S/C11H13IO2/c1-8(2)7-11(13)14-10-5-3-9(12)4-6-10/h3-6,8H,7H2,1-2H3. The Hall–Kier alpha value is -0.580. The molecular formula is C11H13IO2. The first-order valence-electron chi connectivity index (χ1n) is 4.54. The van der Waals surface area contributed by atoms with Gasteiger partial charge in [0.25, 0.3) is 0 Å². The van der Waals surface area contributed by atoms with E-state index in [0.717, 1.165) is 3.57 Å². The van der Waals surface area contributed by atoms with E-state index in [-0.39, 0.29) is 5.97 Å². The Morgan fingerprint density at radius 2 is 1.93 bits per heavy atom. The van der Waals surface area contributed by atoms with E-state index in [9.17, 15) is 4.79 Å². The first-order valence-corrected chi connectivity index (χ1v) is 5.62. The van der Waals surface area contributed by atoms with Crippen molar-refractivity contribution in [3.05, 3.63) is 27.8 Å². The number of rotatable bonds is 3. The van der Waals surface area contributed by atoms with E-state index in [1.54, 1.807) is 12.1 Å². The first kappa shape index (κ1) is 11.5. The number of halogens is 1. The van der Waals surface area contributed by atoms with Gasteiger partial charge in [-0.25, -0.2) is 0 Å². The Morgan fingerprint density at radius 3 is 2.43 bits per heavy atom. The molecule has 0 spiro atoms.